The number of carbonyl (C=O) groups is 1. The van der Waals surface area contributed by atoms with Crippen molar-refractivity contribution < 1.29 is 14.6 Å². The molecule has 2 aliphatic carbocycles. The Balaban J connectivity index is 1.87. The molecule has 0 aromatic heterocycles. The highest BCUT2D eigenvalue weighted by Gasteiger charge is 2.34. The first kappa shape index (κ1) is 13.6. The van der Waals surface area contributed by atoms with E-state index in [2.05, 4.69) is 5.32 Å². The summed E-state index contributed by atoms with van der Waals surface area (Å²) in [7, 11) is 1.71. The molecular weight excluding hydrogens is 232 g/mol. The Bertz CT molecular complexity index is 281. The number of nitrogens with one attached hydrogen (secondary N) is 1. The van der Waals surface area contributed by atoms with Crippen LogP contribution in [0.2, 0.25) is 0 Å². The van der Waals surface area contributed by atoms with Gasteiger partial charge in [0.05, 0.1) is 18.8 Å². The molecule has 0 aliphatic heterocycles. The number of aliphatic hydroxyl groups is 1. The van der Waals surface area contributed by atoms with Crippen LogP contribution >= 0.6 is 0 Å². The molecular formula is C13H24N2O3. The van der Waals surface area contributed by atoms with E-state index in [-0.39, 0.29) is 24.8 Å². The maximum absolute atomic E-state index is 12.2. The molecule has 0 radical (unpaired) electrons. The van der Waals surface area contributed by atoms with Gasteiger partial charge < -0.3 is 20.1 Å². The Labute approximate surface area is 108 Å². The van der Waals surface area contributed by atoms with E-state index >= 15 is 0 Å². The van der Waals surface area contributed by atoms with Crippen LogP contribution in [0.25, 0.3) is 0 Å². The first-order valence-corrected chi connectivity index (χ1v) is 6.97. The van der Waals surface area contributed by atoms with Gasteiger partial charge in [-0.1, -0.05) is 12.8 Å². The Morgan fingerprint density at radius 3 is 2.67 bits per heavy atom. The lowest BCUT2D eigenvalue weighted by atomic mass is 9.92. The molecule has 2 aliphatic rings. The number of carbonyl (C=O) groups excluding carboxylic acids is 1. The summed E-state index contributed by atoms with van der Waals surface area (Å²) in [5.41, 5.74) is 0. The van der Waals surface area contributed by atoms with Gasteiger partial charge in [0.25, 0.3) is 0 Å². The van der Waals surface area contributed by atoms with Gasteiger partial charge in [-0.25, -0.2) is 4.79 Å². The quantitative estimate of drug-likeness (QED) is 0.774. The van der Waals surface area contributed by atoms with Crippen LogP contribution < -0.4 is 5.32 Å². The Kier molecular flexibility index (Phi) is 4.83. The highest BCUT2D eigenvalue weighted by atomic mass is 16.5. The Morgan fingerprint density at radius 2 is 2.06 bits per heavy atom. The van der Waals surface area contributed by atoms with Gasteiger partial charge in [-0.2, -0.15) is 0 Å². The first-order chi connectivity index (χ1) is 8.76. The second kappa shape index (κ2) is 6.38. The Hall–Kier alpha value is -0.810. The van der Waals surface area contributed by atoms with Crippen molar-refractivity contribution in [1.29, 1.82) is 0 Å². The highest BCUT2D eigenvalue weighted by molar-refractivity contribution is 5.75. The van der Waals surface area contributed by atoms with Crippen molar-refractivity contribution in [1.82, 2.24) is 10.2 Å². The molecule has 0 unspecified atom stereocenters. The summed E-state index contributed by atoms with van der Waals surface area (Å²) in [5.74, 6) is 0. The fourth-order valence-electron chi connectivity index (χ4n) is 2.73. The third-order valence-corrected chi connectivity index (χ3v) is 3.90. The van der Waals surface area contributed by atoms with Gasteiger partial charge in [-0.3, -0.25) is 0 Å². The van der Waals surface area contributed by atoms with Crippen LogP contribution in [0.4, 0.5) is 4.79 Å². The normalized spacial score (nSPS) is 27.9. The van der Waals surface area contributed by atoms with Crippen LogP contribution in [-0.4, -0.2) is 54.5 Å². The zero-order valence-electron chi connectivity index (χ0n) is 11.1. The van der Waals surface area contributed by atoms with Crippen LogP contribution in [0.1, 0.15) is 38.5 Å². The molecule has 5 heteroatoms. The Morgan fingerprint density at radius 1 is 1.33 bits per heavy atom. The summed E-state index contributed by atoms with van der Waals surface area (Å²) >= 11 is 0. The number of amides is 2. The number of hydrogen-bond acceptors (Lipinski definition) is 3. The summed E-state index contributed by atoms with van der Waals surface area (Å²) in [6.07, 6.45) is 6.59. The lowest BCUT2D eigenvalue weighted by Gasteiger charge is -2.33. The average molecular weight is 256 g/mol. The van der Waals surface area contributed by atoms with E-state index < -0.39 is 0 Å². The number of nitrogens with zero attached hydrogens (tertiary/aromatic N) is 1. The van der Waals surface area contributed by atoms with Crippen LogP contribution in [0.5, 0.6) is 0 Å². The lowest BCUT2D eigenvalue weighted by molar-refractivity contribution is 0.0425. The highest BCUT2D eigenvalue weighted by Crippen LogP contribution is 2.27. The van der Waals surface area contributed by atoms with Crippen molar-refractivity contribution in [2.45, 2.75) is 56.7 Å². The number of urea groups is 1. The molecule has 2 N–H and O–H groups in total. The maximum atomic E-state index is 12.2. The molecule has 0 saturated heterocycles. The number of hydrogen-bond donors (Lipinski definition) is 2. The average Bonchev–Trinajstić information content (AvgIpc) is 3.20. The van der Waals surface area contributed by atoms with Gasteiger partial charge in [0.2, 0.25) is 0 Å². The SMILES string of the molecule is CO[C@H]1CCCC[C@H]1NC(=O)N(CCO)C1CC1. The summed E-state index contributed by atoms with van der Waals surface area (Å²) in [4.78, 5) is 14.0. The summed E-state index contributed by atoms with van der Waals surface area (Å²) in [5, 5.41) is 12.1. The van der Waals surface area contributed by atoms with Crippen molar-refractivity contribution in [3.8, 4) is 0 Å². The predicted octanol–water partition coefficient (Wildman–Crippen LogP) is 1.11. The number of ether oxygens (including phenoxy) is 1. The third-order valence-electron chi connectivity index (χ3n) is 3.90. The molecule has 0 spiro atoms. The molecule has 0 aromatic carbocycles. The molecule has 0 heterocycles. The lowest BCUT2D eigenvalue weighted by Crippen LogP contribution is -2.52. The molecule has 2 rings (SSSR count). The number of aliphatic hydroxyl groups excluding tert-OH is 1. The summed E-state index contributed by atoms with van der Waals surface area (Å²) in [6.45, 7) is 0.461. The van der Waals surface area contributed by atoms with Crippen LogP contribution in [-0.2, 0) is 4.74 Å². The van der Waals surface area contributed by atoms with Gasteiger partial charge in [0.1, 0.15) is 0 Å². The molecule has 2 amide bonds. The summed E-state index contributed by atoms with van der Waals surface area (Å²) in [6, 6.07) is 0.415. The minimum absolute atomic E-state index is 0.0301. The van der Waals surface area contributed by atoms with Gasteiger partial charge >= 0.3 is 6.03 Å². The zero-order valence-corrected chi connectivity index (χ0v) is 11.1. The van der Waals surface area contributed by atoms with Gasteiger partial charge in [0.15, 0.2) is 0 Å². The molecule has 2 atom stereocenters. The summed E-state index contributed by atoms with van der Waals surface area (Å²) < 4.78 is 5.44. The van der Waals surface area contributed by atoms with Gasteiger partial charge in [0, 0.05) is 19.7 Å². The topological polar surface area (TPSA) is 61.8 Å². The molecule has 2 fully saturated rings. The zero-order chi connectivity index (χ0) is 13.0. The van der Waals surface area contributed by atoms with Crippen molar-refractivity contribution in [2.24, 2.45) is 0 Å². The van der Waals surface area contributed by atoms with Crippen molar-refractivity contribution in [2.75, 3.05) is 20.3 Å². The van der Waals surface area contributed by atoms with E-state index in [1.807, 2.05) is 0 Å². The van der Waals surface area contributed by atoms with Crippen molar-refractivity contribution in [3.05, 3.63) is 0 Å². The van der Waals surface area contributed by atoms with E-state index in [0.717, 1.165) is 32.1 Å². The predicted molar refractivity (Wildman–Crippen MR) is 68.4 cm³/mol. The molecule has 104 valence electrons. The largest absolute Gasteiger partial charge is 0.395 e. The van der Waals surface area contributed by atoms with E-state index in [0.29, 0.717) is 12.6 Å². The third kappa shape index (κ3) is 3.36. The molecule has 0 bridgehead atoms. The first-order valence-electron chi connectivity index (χ1n) is 6.97. The molecule has 5 nitrogen and oxygen atoms in total. The van der Waals surface area contributed by atoms with Crippen LogP contribution in [0.15, 0.2) is 0 Å². The standard InChI is InChI=1S/C13H24N2O3/c1-18-12-5-3-2-4-11(12)14-13(17)15(8-9-16)10-6-7-10/h10-12,16H,2-9H2,1H3,(H,14,17)/t11-,12+/m1/s1. The van der Waals surface area contributed by atoms with E-state index in [1.54, 1.807) is 12.0 Å². The second-order valence-corrected chi connectivity index (χ2v) is 5.26. The van der Waals surface area contributed by atoms with Crippen LogP contribution in [0.3, 0.4) is 0 Å². The number of rotatable bonds is 5. The van der Waals surface area contributed by atoms with E-state index in [4.69, 9.17) is 9.84 Å². The number of methoxy groups -OCH3 is 1. The van der Waals surface area contributed by atoms with E-state index in [1.165, 1.54) is 6.42 Å². The minimum Gasteiger partial charge on any atom is -0.395 e. The van der Waals surface area contributed by atoms with Crippen molar-refractivity contribution >= 4 is 6.03 Å². The van der Waals surface area contributed by atoms with Gasteiger partial charge in [-0.05, 0) is 25.7 Å². The molecule has 18 heavy (non-hydrogen) atoms. The van der Waals surface area contributed by atoms with Crippen molar-refractivity contribution in [3.63, 3.8) is 0 Å². The minimum atomic E-state index is -0.0412. The fourth-order valence-corrected chi connectivity index (χ4v) is 2.73. The van der Waals surface area contributed by atoms with Gasteiger partial charge in [-0.15, -0.1) is 0 Å². The van der Waals surface area contributed by atoms with E-state index in [9.17, 15) is 4.79 Å². The monoisotopic (exact) mass is 256 g/mol. The molecule has 2 saturated carbocycles. The second-order valence-electron chi connectivity index (χ2n) is 5.26. The fraction of sp³-hybridized carbons (Fsp3) is 0.923. The smallest absolute Gasteiger partial charge is 0.318 e. The molecule has 0 aromatic rings. The van der Waals surface area contributed by atoms with Crippen LogP contribution in [0, 0.1) is 0 Å². The maximum Gasteiger partial charge on any atom is 0.318 e.